The van der Waals surface area contributed by atoms with Crippen LogP contribution < -0.4 is 5.11 Å². The molecular weight excluding hydrogens is 524 g/mol. The highest BCUT2D eigenvalue weighted by molar-refractivity contribution is 6.57. The average Bonchev–Trinajstić information content (AvgIpc) is 3.60. The lowest BCUT2D eigenvalue weighted by Crippen LogP contribution is -2.33. The van der Waals surface area contributed by atoms with E-state index in [9.17, 15) is 9.90 Å². The maximum atomic E-state index is 13.0. The number of aliphatic carboxylic acids is 1. The van der Waals surface area contributed by atoms with Crippen molar-refractivity contribution in [2.45, 2.75) is 24.7 Å². The van der Waals surface area contributed by atoms with Crippen LogP contribution in [0.3, 0.4) is 0 Å². The number of allylic oxidation sites excluding steroid dienone is 6. The van der Waals surface area contributed by atoms with Gasteiger partial charge in [-0.05, 0) is 173 Å². The van der Waals surface area contributed by atoms with Crippen LogP contribution in [-0.2, 0) is 17.6 Å². The van der Waals surface area contributed by atoms with Gasteiger partial charge < -0.3 is 9.90 Å². The Bertz CT molecular complexity index is 3220. The topological polar surface area (TPSA) is 40.1 Å². The molecule has 0 N–H and O–H groups in total. The van der Waals surface area contributed by atoms with E-state index < -0.39 is 11.9 Å². The van der Waals surface area contributed by atoms with Crippen molar-refractivity contribution in [1.82, 2.24) is 0 Å². The van der Waals surface area contributed by atoms with E-state index >= 15 is 0 Å². The third-order valence-corrected chi connectivity index (χ3v) is 15.0. The van der Waals surface area contributed by atoms with E-state index in [-0.39, 0.29) is 17.3 Å². The van der Waals surface area contributed by atoms with Gasteiger partial charge in [-0.1, -0.05) is 24.3 Å². The quantitative estimate of drug-likeness (QED) is 0.202. The molecule has 0 aliphatic heterocycles. The molecule has 0 radical (unpaired) electrons. The second-order valence-electron chi connectivity index (χ2n) is 15.8. The lowest BCUT2D eigenvalue weighted by Gasteiger charge is -2.41. The molecule has 5 unspecified atom stereocenters. The Morgan fingerprint density at radius 2 is 1.40 bits per heavy atom. The molecule has 9 aromatic rings. The molecule has 2 saturated carbocycles. The fraction of sp³-hybridized carbons (Fsp3) is 0.195. The van der Waals surface area contributed by atoms with E-state index in [0.717, 1.165) is 12.8 Å². The summed E-state index contributed by atoms with van der Waals surface area (Å²) in [6.45, 7) is 0. The Morgan fingerprint density at radius 1 is 0.698 bits per heavy atom. The van der Waals surface area contributed by atoms with Gasteiger partial charge in [0.25, 0.3) is 0 Å². The number of hydrogen-bond donors (Lipinski definition) is 0. The number of carboxylic acids is 1. The second-order valence-corrected chi connectivity index (χ2v) is 15.8. The standard InChI is InChI=1S/C41H16O2/c42-40(43)39-37-16-7-14-5-11-1-9-2-12-3-10-4-13-6-15-8-41(37,39)38-24(16)29-22(14)27-19(11)17(9)25-21(12)26-18(10)20(13)28-23(15)36(38)35-33(28)31(26)30(25)32(27)34(29)35/h1-4,7-8,14,22,37-39H,5-6H2,(H,42,43)/p-1/t14-,22?,37?,38?,39?,41?/m1/s1. The third kappa shape index (κ3) is 1.21. The first-order valence-electron chi connectivity index (χ1n) is 16.2. The van der Waals surface area contributed by atoms with Crippen LogP contribution in [0.4, 0.5) is 0 Å². The minimum absolute atomic E-state index is 0.0593. The van der Waals surface area contributed by atoms with E-state index in [0.29, 0.717) is 11.8 Å². The Hall–Kier alpha value is -4.69. The van der Waals surface area contributed by atoms with Crippen LogP contribution in [0.25, 0.3) is 97.3 Å². The van der Waals surface area contributed by atoms with Crippen molar-refractivity contribution in [1.29, 1.82) is 0 Å². The van der Waals surface area contributed by atoms with Gasteiger partial charge >= 0.3 is 0 Å². The van der Waals surface area contributed by atoms with E-state index in [1.165, 1.54) is 92.6 Å². The molecule has 1 spiro atoms. The lowest BCUT2D eigenvalue weighted by molar-refractivity contribution is -0.309. The summed E-state index contributed by atoms with van der Waals surface area (Å²) < 4.78 is 0. The first-order chi connectivity index (χ1) is 21.2. The normalized spacial score (nSPS) is 32.7. The van der Waals surface area contributed by atoms with Gasteiger partial charge in [-0.15, -0.1) is 0 Å². The molecule has 0 bridgehead atoms. The number of carbonyl (C=O) groups excluding carboxylic acids is 1. The third-order valence-electron chi connectivity index (χ3n) is 15.0. The number of hydrogen-bond acceptors (Lipinski definition) is 2. The molecule has 2 fully saturated rings. The number of carbonyl (C=O) groups is 1. The van der Waals surface area contributed by atoms with E-state index in [1.807, 2.05) is 0 Å². The molecule has 6 atom stereocenters. The smallest absolute Gasteiger partial charge is 0.0461 e. The zero-order valence-corrected chi connectivity index (χ0v) is 22.6. The summed E-state index contributed by atoms with van der Waals surface area (Å²) >= 11 is 0. The van der Waals surface area contributed by atoms with Gasteiger partial charge in [-0.25, -0.2) is 0 Å². The summed E-state index contributed by atoms with van der Waals surface area (Å²) in [6.07, 6.45) is 7.09. The second kappa shape index (κ2) is 4.44. The van der Waals surface area contributed by atoms with Crippen molar-refractivity contribution in [3.63, 3.8) is 0 Å². The van der Waals surface area contributed by atoms with Gasteiger partial charge in [0.1, 0.15) is 0 Å². The fourth-order valence-corrected chi connectivity index (χ4v) is 14.4. The van der Waals surface area contributed by atoms with Crippen molar-refractivity contribution in [3.05, 3.63) is 80.9 Å². The Labute approximate surface area is 241 Å². The van der Waals surface area contributed by atoms with Crippen LogP contribution in [0.2, 0.25) is 0 Å². The molecular formula is C41H15O2-. The summed E-state index contributed by atoms with van der Waals surface area (Å²) in [5, 5.41) is 37.2. The number of rotatable bonds is 1. The van der Waals surface area contributed by atoms with Crippen molar-refractivity contribution in [2.24, 2.45) is 23.2 Å². The number of fused-ring (bicyclic) bond motifs is 1. The van der Waals surface area contributed by atoms with Crippen LogP contribution in [0.1, 0.15) is 45.2 Å². The molecule has 0 aromatic heterocycles. The summed E-state index contributed by atoms with van der Waals surface area (Å²) in [4.78, 5) is 13.0. The Morgan fingerprint density at radius 3 is 2.26 bits per heavy atom. The fourth-order valence-electron chi connectivity index (χ4n) is 14.4. The van der Waals surface area contributed by atoms with Gasteiger partial charge in [-0.2, -0.15) is 0 Å². The maximum absolute atomic E-state index is 13.0. The number of benzene rings is 5. The summed E-state index contributed by atoms with van der Waals surface area (Å²) in [6, 6.07) is 10.1. The molecule has 192 valence electrons. The monoisotopic (exact) mass is 539 g/mol. The van der Waals surface area contributed by atoms with Gasteiger partial charge in [0, 0.05) is 35.1 Å². The van der Waals surface area contributed by atoms with Crippen LogP contribution in [0.15, 0.2) is 47.6 Å². The summed E-state index contributed by atoms with van der Waals surface area (Å²) in [7, 11) is 0. The Balaban J connectivity index is 1.34. The highest BCUT2D eigenvalue weighted by Gasteiger charge is 2.77. The van der Waals surface area contributed by atoms with Gasteiger partial charge in [-0.3, -0.25) is 0 Å². The molecule has 2 nitrogen and oxygen atoms in total. The molecule has 0 amide bonds. The lowest BCUT2D eigenvalue weighted by atomic mass is 9.62. The molecule has 8 aliphatic carbocycles. The van der Waals surface area contributed by atoms with Crippen LogP contribution in [0.5, 0.6) is 0 Å². The zero-order valence-electron chi connectivity index (χ0n) is 22.6. The molecule has 9 aromatic carbocycles. The largest absolute Gasteiger partial charge is 0.550 e. The first-order valence-corrected chi connectivity index (χ1v) is 16.2. The highest BCUT2D eigenvalue weighted by atomic mass is 16.4. The molecule has 0 saturated heterocycles. The predicted octanol–water partition coefficient (Wildman–Crippen LogP) is 7.55. The van der Waals surface area contributed by atoms with E-state index in [2.05, 4.69) is 36.4 Å². The van der Waals surface area contributed by atoms with Gasteiger partial charge in [0.15, 0.2) is 0 Å². The SMILES string of the molecule is O=C([O-])C1C2C3=C[C@H]4Cc5cc6cc7cc8cc9c%10c%11c%12c%13c%14c%15c%16c(c5c6c5c7c(c8%10)c(c%14%11)c%165)C4C%15=C3C%13C12C=C%12C9. The molecule has 43 heavy (non-hydrogen) atoms. The highest BCUT2D eigenvalue weighted by Crippen LogP contribution is 2.86. The van der Waals surface area contributed by atoms with Crippen LogP contribution in [0, 0.1) is 23.2 Å². The van der Waals surface area contributed by atoms with Crippen molar-refractivity contribution in [3.8, 4) is 0 Å². The van der Waals surface area contributed by atoms with Crippen molar-refractivity contribution in [2.75, 3.05) is 0 Å². The summed E-state index contributed by atoms with van der Waals surface area (Å²) in [5.41, 5.74) is 14.8. The minimum Gasteiger partial charge on any atom is -0.550 e. The van der Waals surface area contributed by atoms with E-state index in [4.69, 9.17) is 0 Å². The predicted molar refractivity (Wildman–Crippen MR) is 167 cm³/mol. The molecule has 17 rings (SSSR count). The maximum Gasteiger partial charge on any atom is 0.0461 e. The number of carboxylic acid groups (broad SMARTS) is 1. The van der Waals surface area contributed by atoms with Gasteiger partial charge in [0.2, 0.25) is 0 Å². The molecule has 8 aliphatic rings. The first kappa shape index (κ1) is 18.1. The molecule has 0 heterocycles. The molecule has 2 heteroatoms. The zero-order chi connectivity index (χ0) is 26.6. The van der Waals surface area contributed by atoms with E-state index in [1.54, 1.807) is 49.2 Å². The summed E-state index contributed by atoms with van der Waals surface area (Å²) in [5.74, 6) is -0.198. The van der Waals surface area contributed by atoms with Gasteiger partial charge in [0.05, 0.1) is 0 Å². The van der Waals surface area contributed by atoms with Crippen molar-refractivity contribution < 1.29 is 9.90 Å². The van der Waals surface area contributed by atoms with Crippen LogP contribution in [-0.4, -0.2) is 5.97 Å². The van der Waals surface area contributed by atoms with Crippen molar-refractivity contribution >= 4 is 103 Å². The van der Waals surface area contributed by atoms with Crippen LogP contribution >= 0.6 is 0 Å². The minimum atomic E-state index is -0.838. The average molecular weight is 540 g/mol. The Kier molecular flexibility index (Phi) is 1.86.